The van der Waals surface area contributed by atoms with Crippen molar-refractivity contribution in [2.75, 3.05) is 25.0 Å². The number of aryl methyl sites for hydroxylation is 1. The van der Waals surface area contributed by atoms with Crippen LogP contribution in [0.4, 0.5) is 5.82 Å². The highest BCUT2D eigenvalue weighted by atomic mass is 16.5. The van der Waals surface area contributed by atoms with Crippen molar-refractivity contribution < 1.29 is 4.52 Å². The SMILES string of the molecule is Cc1ccnc(NC[C@@H]2CCN(Cc3nc(-c4ccccc4)no3)C2)c1. The van der Waals surface area contributed by atoms with E-state index in [1.54, 1.807) is 0 Å². The summed E-state index contributed by atoms with van der Waals surface area (Å²) >= 11 is 0. The summed E-state index contributed by atoms with van der Waals surface area (Å²) in [4.78, 5) is 11.3. The van der Waals surface area contributed by atoms with Crippen molar-refractivity contribution in [3.05, 3.63) is 60.1 Å². The van der Waals surface area contributed by atoms with Crippen LogP contribution in [0.15, 0.2) is 53.2 Å². The first-order valence-electron chi connectivity index (χ1n) is 9.03. The molecule has 26 heavy (non-hydrogen) atoms. The van der Waals surface area contributed by atoms with Crippen molar-refractivity contribution in [1.82, 2.24) is 20.0 Å². The Balaban J connectivity index is 1.29. The Morgan fingerprint density at radius 2 is 2.12 bits per heavy atom. The largest absolute Gasteiger partial charge is 0.370 e. The Bertz CT molecular complexity index is 848. The van der Waals surface area contributed by atoms with E-state index in [-0.39, 0.29) is 0 Å². The summed E-state index contributed by atoms with van der Waals surface area (Å²) in [6.45, 7) is 5.81. The van der Waals surface area contributed by atoms with Crippen LogP contribution in [0.3, 0.4) is 0 Å². The first kappa shape index (κ1) is 16.7. The summed E-state index contributed by atoms with van der Waals surface area (Å²) in [5.74, 6) is 2.89. The van der Waals surface area contributed by atoms with Gasteiger partial charge in [-0.2, -0.15) is 4.98 Å². The Morgan fingerprint density at radius 1 is 1.23 bits per heavy atom. The molecule has 3 aromatic rings. The van der Waals surface area contributed by atoms with Crippen molar-refractivity contribution in [2.24, 2.45) is 5.92 Å². The minimum absolute atomic E-state index is 0.605. The molecule has 3 heterocycles. The number of hydrogen-bond donors (Lipinski definition) is 1. The van der Waals surface area contributed by atoms with Gasteiger partial charge in [-0.15, -0.1) is 0 Å². The zero-order chi connectivity index (χ0) is 17.8. The van der Waals surface area contributed by atoms with Gasteiger partial charge in [0.1, 0.15) is 5.82 Å². The first-order valence-corrected chi connectivity index (χ1v) is 9.03. The fourth-order valence-electron chi connectivity index (χ4n) is 3.32. The van der Waals surface area contributed by atoms with Crippen molar-refractivity contribution in [2.45, 2.75) is 19.9 Å². The fourth-order valence-corrected chi connectivity index (χ4v) is 3.32. The summed E-state index contributed by atoms with van der Waals surface area (Å²) in [7, 11) is 0. The molecule has 1 fully saturated rings. The lowest BCUT2D eigenvalue weighted by Gasteiger charge is -2.14. The molecular formula is C20H23N5O. The maximum Gasteiger partial charge on any atom is 0.241 e. The van der Waals surface area contributed by atoms with E-state index in [1.807, 2.05) is 42.6 Å². The first-order chi connectivity index (χ1) is 12.8. The molecule has 1 saturated heterocycles. The number of rotatable bonds is 6. The highest BCUT2D eigenvalue weighted by molar-refractivity contribution is 5.53. The number of nitrogens with one attached hydrogen (secondary N) is 1. The number of aromatic nitrogens is 3. The lowest BCUT2D eigenvalue weighted by Crippen LogP contribution is -2.23. The van der Waals surface area contributed by atoms with E-state index < -0.39 is 0 Å². The summed E-state index contributed by atoms with van der Waals surface area (Å²) in [5, 5.41) is 7.55. The van der Waals surface area contributed by atoms with E-state index in [0.717, 1.165) is 31.0 Å². The average molecular weight is 349 g/mol. The molecule has 0 unspecified atom stereocenters. The van der Waals surface area contributed by atoms with Gasteiger partial charge in [0.05, 0.1) is 6.54 Å². The minimum Gasteiger partial charge on any atom is -0.370 e. The highest BCUT2D eigenvalue weighted by Crippen LogP contribution is 2.20. The lowest BCUT2D eigenvalue weighted by atomic mass is 10.1. The topological polar surface area (TPSA) is 67.1 Å². The monoisotopic (exact) mass is 349 g/mol. The van der Waals surface area contributed by atoms with Gasteiger partial charge in [-0.05, 0) is 43.5 Å². The fraction of sp³-hybridized carbons (Fsp3) is 0.350. The standard InChI is InChI=1S/C20H23N5O/c1-15-7-9-21-18(11-15)22-12-16-8-10-25(13-16)14-19-23-20(24-26-19)17-5-3-2-4-6-17/h2-7,9,11,16H,8,10,12-14H2,1H3,(H,21,22)/t16-/m0/s1. The van der Waals surface area contributed by atoms with Gasteiger partial charge < -0.3 is 9.84 Å². The third-order valence-electron chi connectivity index (χ3n) is 4.72. The van der Waals surface area contributed by atoms with Gasteiger partial charge >= 0.3 is 0 Å². The normalized spacial score (nSPS) is 17.5. The Morgan fingerprint density at radius 3 is 2.96 bits per heavy atom. The van der Waals surface area contributed by atoms with Gasteiger partial charge in [-0.25, -0.2) is 4.98 Å². The lowest BCUT2D eigenvalue weighted by molar-refractivity contribution is 0.261. The Kier molecular flexibility index (Phi) is 4.93. The van der Waals surface area contributed by atoms with Crippen LogP contribution in [0, 0.1) is 12.8 Å². The second kappa shape index (κ2) is 7.66. The third-order valence-corrected chi connectivity index (χ3v) is 4.72. The van der Waals surface area contributed by atoms with Gasteiger partial charge in [0.15, 0.2) is 0 Å². The van der Waals surface area contributed by atoms with E-state index in [1.165, 1.54) is 12.0 Å². The minimum atomic E-state index is 0.605. The van der Waals surface area contributed by atoms with Gasteiger partial charge in [0, 0.05) is 24.8 Å². The highest BCUT2D eigenvalue weighted by Gasteiger charge is 2.24. The van der Waals surface area contributed by atoms with E-state index in [0.29, 0.717) is 24.2 Å². The van der Waals surface area contributed by atoms with Crippen LogP contribution in [0.2, 0.25) is 0 Å². The Hall–Kier alpha value is -2.73. The molecule has 1 N–H and O–H groups in total. The van der Waals surface area contributed by atoms with Crippen molar-refractivity contribution >= 4 is 5.82 Å². The van der Waals surface area contributed by atoms with Crippen LogP contribution >= 0.6 is 0 Å². The zero-order valence-corrected chi connectivity index (χ0v) is 14.9. The van der Waals surface area contributed by atoms with Crippen molar-refractivity contribution in [1.29, 1.82) is 0 Å². The van der Waals surface area contributed by atoms with Crippen LogP contribution in [0.1, 0.15) is 17.9 Å². The molecule has 0 radical (unpaired) electrons. The van der Waals surface area contributed by atoms with Crippen LogP contribution in [0.5, 0.6) is 0 Å². The molecule has 1 atom stereocenters. The molecule has 0 amide bonds. The van der Waals surface area contributed by atoms with Gasteiger partial charge in [0.25, 0.3) is 0 Å². The molecule has 0 saturated carbocycles. The molecule has 134 valence electrons. The van der Waals surface area contributed by atoms with Crippen molar-refractivity contribution in [3.8, 4) is 11.4 Å². The predicted molar refractivity (Wildman–Crippen MR) is 101 cm³/mol. The summed E-state index contributed by atoms with van der Waals surface area (Å²) in [5.41, 5.74) is 2.21. The van der Waals surface area contributed by atoms with E-state index >= 15 is 0 Å². The van der Waals surface area contributed by atoms with Gasteiger partial charge in [0.2, 0.25) is 11.7 Å². The number of likely N-dealkylation sites (tertiary alicyclic amines) is 1. The van der Waals surface area contributed by atoms with Crippen molar-refractivity contribution in [3.63, 3.8) is 0 Å². The molecule has 6 nitrogen and oxygen atoms in total. The Labute approximate surface area is 153 Å². The quantitative estimate of drug-likeness (QED) is 0.736. The molecule has 6 heteroatoms. The second-order valence-corrected chi connectivity index (χ2v) is 6.87. The molecule has 0 aliphatic carbocycles. The summed E-state index contributed by atoms with van der Waals surface area (Å²) in [6.07, 6.45) is 3.01. The van der Waals surface area contributed by atoms with Crippen LogP contribution < -0.4 is 5.32 Å². The number of benzene rings is 1. The molecule has 0 spiro atoms. The van der Waals surface area contributed by atoms with E-state index in [2.05, 4.69) is 38.3 Å². The van der Waals surface area contributed by atoms with E-state index in [4.69, 9.17) is 4.52 Å². The third kappa shape index (κ3) is 4.08. The zero-order valence-electron chi connectivity index (χ0n) is 14.9. The number of anilines is 1. The molecule has 4 rings (SSSR count). The second-order valence-electron chi connectivity index (χ2n) is 6.87. The molecule has 1 aliphatic heterocycles. The number of nitrogens with zero attached hydrogens (tertiary/aromatic N) is 4. The molecular weight excluding hydrogens is 326 g/mol. The summed E-state index contributed by atoms with van der Waals surface area (Å²) < 4.78 is 5.43. The number of hydrogen-bond acceptors (Lipinski definition) is 6. The van der Waals surface area contributed by atoms with E-state index in [9.17, 15) is 0 Å². The number of pyridine rings is 1. The van der Waals surface area contributed by atoms with Crippen LogP contribution in [-0.2, 0) is 6.54 Å². The van der Waals surface area contributed by atoms with Gasteiger partial charge in [-0.1, -0.05) is 35.5 Å². The van der Waals surface area contributed by atoms with Crippen LogP contribution in [0.25, 0.3) is 11.4 Å². The molecule has 0 bridgehead atoms. The maximum atomic E-state index is 5.43. The molecule has 1 aromatic carbocycles. The molecule has 2 aromatic heterocycles. The summed E-state index contributed by atoms with van der Waals surface area (Å²) in [6, 6.07) is 14.0. The van der Waals surface area contributed by atoms with Gasteiger partial charge in [-0.3, -0.25) is 4.90 Å². The smallest absolute Gasteiger partial charge is 0.241 e. The predicted octanol–water partition coefficient (Wildman–Crippen LogP) is 3.37. The maximum absolute atomic E-state index is 5.43. The molecule has 1 aliphatic rings. The van der Waals surface area contributed by atoms with Crippen LogP contribution in [-0.4, -0.2) is 39.7 Å². The average Bonchev–Trinajstić information content (AvgIpc) is 3.31.